The second-order valence-electron chi connectivity index (χ2n) is 6.83. The van der Waals surface area contributed by atoms with E-state index in [2.05, 4.69) is 17.1 Å². The molecule has 4 rings (SSSR count). The van der Waals surface area contributed by atoms with Crippen molar-refractivity contribution in [3.05, 3.63) is 75.5 Å². The highest BCUT2D eigenvalue weighted by Gasteiger charge is 2.25. The molecule has 2 heterocycles. The topological polar surface area (TPSA) is 69.1 Å². The number of nitrogens with one attached hydrogen (secondary N) is 1. The molecule has 152 valence electrons. The van der Waals surface area contributed by atoms with E-state index in [4.69, 9.17) is 9.47 Å². The molecule has 0 spiro atoms. The summed E-state index contributed by atoms with van der Waals surface area (Å²) in [6.07, 6.45) is 1.33. The first kappa shape index (κ1) is 19.7. The molecule has 0 fully saturated rings. The number of hydrogen-bond donors (Lipinski definition) is 1. The number of H-pyrrole nitrogens is 1. The number of fused-ring (bicyclic) bond motifs is 1. The van der Waals surface area contributed by atoms with Crippen LogP contribution in [0.15, 0.2) is 52.4 Å². The fourth-order valence-electron chi connectivity index (χ4n) is 3.23. The number of halogens is 1. The number of nitrogens with zero attached hydrogens (tertiary/aromatic N) is 2. The zero-order chi connectivity index (χ0) is 20.2. The maximum absolute atomic E-state index is 14.2. The molecule has 1 aliphatic heterocycles. The number of rotatable bonds is 7. The van der Waals surface area contributed by atoms with Crippen molar-refractivity contribution in [2.24, 2.45) is 0 Å². The maximum atomic E-state index is 14.2. The Labute approximate surface area is 172 Å². The highest BCUT2D eigenvalue weighted by molar-refractivity contribution is 7.98. The molecule has 1 aromatic heterocycles. The molecule has 3 aromatic rings. The molecule has 2 aromatic carbocycles. The highest BCUT2D eigenvalue weighted by Crippen LogP contribution is 2.38. The summed E-state index contributed by atoms with van der Waals surface area (Å²) in [6, 6.07) is 12.6. The zero-order valence-corrected chi connectivity index (χ0v) is 16.9. The van der Waals surface area contributed by atoms with Gasteiger partial charge < -0.3 is 9.47 Å². The number of thioether (sulfide) groups is 1. The van der Waals surface area contributed by atoms with Crippen LogP contribution in [0.5, 0.6) is 5.75 Å². The van der Waals surface area contributed by atoms with Gasteiger partial charge in [-0.25, -0.2) is 14.3 Å². The lowest BCUT2D eigenvalue weighted by Crippen LogP contribution is -2.19. The molecule has 29 heavy (non-hydrogen) atoms. The molecule has 1 N–H and O–H groups in total. The molecule has 0 amide bonds. The van der Waals surface area contributed by atoms with E-state index in [1.165, 1.54) is 23.9 Å². The fourth-order valence-corrected chi connectivity index (χ4v) is 4.17. The first-order valence-electron chi connectivity index (χ1n) is 9.58. The molecule has 0 saturated heterocycles. The first-order chi connectivity index (χ1) is 14.2. The van der Waals surface area contributed by atoms with E-state index < -0.39 is 6.29 Å². The number of aromatic nitrogens is 3. The Morgan fingerprint density at radius 2 is 2.14 bits per heavy atom. The van der Waals surface area contributed by atoms with Gasteiger partial charge in [-0.3, -0.25) is 4.57 Å². The van der Waals surface area contributed by atoms with Crippen LogP contribution in [0.1, 0.15) is 42.7 Å². The van der Waals surface area contributed by atoms with E-state index >= 15 is 0 Å². The van der Waals surface area contributed by atoms with Gasteiger partial charge in [0.15, 0.2) is 5.16 Å². The molecule has 1 aliphatic rings. The second-order valence-corrected chi connectivity index (χ2v) is 7.77. The van der Waals surface area contributed by atoms with E-state index in [-0.39, 0.29) is 18.1 Å². The van der Waals surface area contributed by atoms with Crippen molar-refractivity contribution in [2.75, 3.05) is 0 Å². The molecule has 8 heteroatoms. The van der Waals surface area contributed by atoms with Gasteiger partial charge in [0.25, 0.3) is 0 Å². The number of hydrogen-bond acceptors (Lipinski definition) is 5. The predicted molar refractivity (Wildman–Crippen MR) is 108 cm³/mol. The van der Waals surface area contributed by atoms with Crippen LogP contribution in [0.25, 0.3) is 0 Å². The smallest absolute Gasteiger partial charge is 0.343 e. The van der Waals surface area contributed by atoms with E-state index in [0.717, 1.165) is 18.4 Å². The normalized spacial score (nSPS) is 15.7. The number of aromatic amines is 1. The van der Waals surface area contributed by atoms with E-state index in [9.17, 15) is 9.18 Å². The number of unbranched alkanes of at least 4 members (excludes halogenated alkanes) is 1. The third-order valence-electron chi connectivity index (χ3n) is 4.71. The summed E-state index contributed by atoms with van der Waals surface area (Å²) in [6.45, 7) is 2.95. The Hall–Kier alpha value is -2.58. The van der Waals surface area contributed by atoms with Crippen LogP contribution in [0.4, 0.5) is 4.39 Å². The third kappa shape index (κ3) is 4.38. The Bertz CT molecular complexity index is 1040. The average Bonchev–Trinajstić information content (AvgIpc) is 3.10. The van der Waals surface area contributed by atoms with Gasteiger partial charge in [0.05, 0.1) is 6.61 Å². The van der Waals surface area contributed by atoms with Gasteiger partial charge in [-0.1, -0.05) is 55.4 Å². The van der Waals surface area contributed by atoms with E-state index in [0.29, 0.717) is 34.3 Å². The molecule has 0 bridgehead atoms. The van der Waals surface area contributed by atoms with Crippen molar-refractivity contribution in [1.29, 1.82) is 0 Å². The lowest BCUT2D eigenvalue weighted by Gasteiger charge is -2.28. The second kappa shape index (κ2) is 8.84. The van der Waals surface area contributed by atoms with Crippen LogP contribution < -0.4 is 10.4 Å². The van der Waals surface area contributed by atoms with Gasteiger partial charge in [0.1, 0.15) is 11.6 Å². The molecule has 0 aliphatic carbocycles. The molecule has 0 unspecified atom stereocenters. The Balaban J connectivity index is 1.56. The molecule has 0 saturated carbocycles. The lowest BCUT2D eigenvalue weighted by molar-refractivity contribution is -0.112. The quantitative estimate of drug-likeness (QED) is 0.579. The average molecular weight is 415 g/mol. The summed E-state index contributed by atoms with van der Waals surface area (Å²) in [5, 5.41) is 7.20. The number of benzene rings is 2. The van der Waals surface area contributed by atoms with E-state index in [1.807, 2.05) is 30.3 Å². The summed E-state index contributed by atoms with van der Waals surface area (Å²) in [5.41, 5.74) is 2.07. The predicted octanol–water partition coefficient (Wildman–Crippen LogP) is 4.41. The summed E-state index contributed by atoms with van der Waals surface area (Å²) in [4.78, 5) is 12.0. The summed E-state index contributed by atoms with van der Waals surface area (Å²) < 4.78 is 27.6. The first-order valence-corrected chi connectivity index (χ1v) is 10.6. The highest BCUT2D eigenvalue weighted by atomic mass is 32.2. The lowest BCUT2D eigenvalue weighted by atomic mass is 10.1. The Morgan fingerprint density at radius 3 is 2.93 bits per heavy atom. The minimum absolute atomic E-state index is 0.226. The van der Waals surface area contributed by atoms with Crippen molar-refractivity contribution < 1.29 is 13.9 Å². The van der Waals surface area contributed by atoms with Crippen LogP contribution in [0, 0.1) is 5.82 Å². The molecule has 6 nitrogen and oxygen atoms in total. The van der Waals surface area contributed by atoms with Gasteiger partial charge in [0, 0.05) is 29.0 Å². The van der Waals surface area contributed by atoms with Gasteiger partial charge in [-0.05, 0) is 18.6 Å². The summed E-state index contributed by atoms with van der Waals surface area (Å²) in [7, 11) is 0. The van der Waals surface area contributed by atoms with Crippen LogP contribution >= 0.6 is 11.8 Å². The molecular formula is C21H22FN3O3S. The minimum Gasteiger partial charge on any atom is -0.460 e. The maximum Gasteiger partial charge on any atom is 0.343 e. The van der Waals surface area contributed by atoms with Crippen LogP contribution in [0.2, 0.25) is 0 Å². The fraction of sp³-hybridized carbons (Fsp3) is 0.333. The van der Waals surface area contributed by atoms with Gasteiger partial charge in [-0.2, -0.15) is 0 Å². The Kier molecular flexibility index (Phi) is 6.01. The number of ether oxygens (including phenoxy) is 2. The SMILES string of the molecule is CCCCn1c(SCc2cc(F)cc3c2O[C@H](c2ccccc2)OC3)n[nH]c1=O. The zero-order valence-electron chi connectivity index (χ0n) is 16.1. The monoisotopic (exact) mass is 415 g/mol. The van der Waals surface area contributed by atoms with Crippen molar-refractivity contribution in [1.82, 2.24) is 14.8 Å². The van der Waals surface area contributed by atoms with E-state index in [1.54, 1.807) is 4.57 Å². The minimum atomic E-state index is -0.536. The van der Waals surface area contributed by atoms with Crippen LogP contribution in [-0.2, 0) is 23.6 Å². The standard InChI is InChI=1S/C21H22FN3O3S/c1-2-3-9-25-20(26)23-24-21(25)29-13-16-11-17(22)10-15-12-27-19(28-18(15)16)14-7-5-4-6-8-14/h4-8,10-11,19H,2-3,9,12-13H2,1H3,(H,23,26)/t19-/m1/s1. The van der Waals surface area contributed by atoms with Gasteiger partial charge in [0.2, 0.25) is 6.29 Å². The molecule has 1 atom stereocenters. The largest absolute Gasteiger partial charge is 0.460 e. The summed E-state index contributed by atoms with van der Waals surface area (Å²) in [5.74, 6) is 0.727. The van der Waals surface area contributed by atoms with Crippen molar-refractivity contribution >= 4 is 11.8 Å². The van der Waals surface area contributed by atoms with Crippen LogP contribution in [-0.4, -0.2) is 14.8 Å². The van der Waals surface area contributed by atoms with Gasteiger partial charge >= 0.3 is 5.69 Å². The third-order valence-corrected chi connectivity index (χ3v) is 5.73. The Morgan fingerprint density at radius 1 is 1.31 bits per heavy atom. The molecule has 0 radical (unpaired) electrons. The van der Waals surface area contributed by atoms with Crippen molar-refractivity contribution in [2.45, 2.75) is 50.1 Å². The molecular weight excluding hydrogens is 393 g/mol. The summed E-state index contributed by atoms with van der Waals surface area (Å²) >= 11 is 1.38. The van der Waals surface area contributed by atoms with Crippen LogP contribution in [0.3, 0.4) is 0 Å². The van der Waals surface area contributed by atoms with Crippen molar-refractivity contribution in [3.8, 4) is 5.75 Å². The van der Waals surface area contributed by atoms with Crippen molar-refractivity contribution in [3.63, 3.8) is 0 Å². The van der Waals surface area contributed by atoms with Gasteiger partial charge in [-0.15, -0.1) is 5.10 Å².